The van der Waals surface area contributed by atoms with Crippen molar-refractivity contribution in [2.75, 3.05) is 12.4 Å². The quantitative estimate of drug-likeness (QED) is 0.284. The lowest BCUT2D eigenvalue weighted by Gasteiger charge is -2.16. The molecule has 0 bridgehead atoms. The van der Waals surface area contributed by atoms with Crippen LogP contribution in [0.3, 0.4) is 0 Å². The molecule has 0 radical (unpaired) electrons. The minimum absolute atomic E-state index is 0.179. The van der Waals surface area contributed by atoms with Gasteiger partial charge >= 0.3 is 5.69 Å². The van der Waals surface area contributed by atoms with Gasteiger partial charge in [0.1, 0.15) is 17.0 Å². The maximum atomic E-state index is 13.1. The standard InChI is InChI=1S/C30H26Cl2N6O3/c1-15-33-26(23-27(34-15)37(2)30(40)38(3)29(23)39)35-21-13-7-11-19(25(21)32)18-10-6-12-20(24(18)31)22-14-16-8-5-9-17(16)28(36-22)41-4/h6-7,10-14H,5,8-9H2,1-4H3,(H,33,34,35). The highest BCUT2D eigenvalue weighted by molar-refractivity contribution is 6.39. The van der Waals surface area contributed by atoms with Crippen molar-refractivity contribution in [1.29, 1.82) is 0 Å². The summed E-state index contributed by atoms with van der Waals surface area (Å²) in [5, 5.41) is 4.28. The van der Waals surface area contributed by atoms with Crippen LogP contribution in [0.5, 0.6) is 5.88 Å². The molecular weight excluding hydrogens is 563 g/mol. The predicted molar refractivity (Wildman–Crippen MR) is 162 cm³/mol. The zero-order valence-corrected chi connectivity index (χ0v) is 24.4. The van der Waals surface area contributed by atoms with E-state index in [1.54, 1.807) is 27.1 Å². The number of ether oxygens (including phenoxy) is 1. The van der Waals surface area contributed by atoms with E-state index in [2.05, 4.69) is 21.4 Å². The summed E-state index contributed by atoms with van der Waals surface area (Å²) in [4.78, 5) is 39.2. The van der Waals surface area contributed by atoms with Gasteiger partial charge in [0.25, 0.3) is 5.56 Å². The first kappa shape index (κ1) is 27.0. The molecule has 6 rings (SSSR count). The maximum Gasteiger partial charge on any atom is 0.332 e. The zero-order valence-electron chi connectivity index (χ0n) is 22.9. The zero-order chi connectivity index (χ0) is 29.0. The number of hydrogen-bond donors (Lipinski definition) is 1. The highest BCUT2D eigenvalue weighted by Crippen LogP contribution is 2.43. The summed E-state index contributed by atoms with van der Waals surface area (Å²) in [5.74, 6) is 1.28. The molecule has 0 saturated heterocycles. The second-order valence-electron chi connectivity index (χ2n) is 9.99. The number of aryl methyl sites for hydroxylation is 3. The summed E-state index contributed by atoms with van der Waals surface area (Å²) >= 11 is 14.0. The Morgan fingerprint density at radius 1 is 0.902 bits per heavy atom. The molecule has 0 aliphatic heterocycles. The Bertz CT molecular complexity index is 2000. The molecule has 208 valence electrons. The van der Waals surface area contributed by atoms with Gasteiger partial charge in [-0.25, -0.2) is 19.7 Å². The first-order valence-electron chi connectivity index (χ1n) is 13.1. The van der Waals surface area contributed by atoms with Crippen LogP contribution in [0.4, 0.5) is 11.5 Å². The molecule has 3 heterocycles. The van der Waals surface area contributed by atoms with E-state index in [4.69, 9.17) is 32.9 Å². The smallest absolute Gasteiger partial charge is 0.332 e. The molecule has 41 heavy (non-hydrogen) atoms. The number of methoxy groups -OCH3 is 1. The number of fused-ring (bicyclic) bond motifs is 2. The number of pyridine rings is 1. The van der Waals surface area contributed by atoms with E-state index in [0.717, 1.165) is 46.2 Å². The number of rotatable bonds is 5. The monoisotopic (exact) mass is 588 g/mol. The molecule has 1 N–H and O–H groups in total. The summed E-state index contributed by atoms with van der Waals surface area (Å²) in [6.45, 7) is 1.69. The topological polar surface area (TPSA) is 104 Å². The molecule has 1 aliphatic rings. The van der Waals surface area contributed by atoms with Crippen LogP contribution in [-0.2, 0) is 26.9 Å². The highest BCUT2D eigenvalue weighted by atomic mass is 35.5. The molecule has 3 aromatic heterocycles. The third-order valence-corrected chi connectivity index (χ3v) is 8.29. The number of nitrogens with one attached hydrogen (secondary N) is 1. The fraction of sp³-hybridized carbons (Fsp3) is 0.233. The van der Waals surface area contributed by atoms with Crippen molar-refractivity contribution in [2.24, 2.45) is 14.1 Å². The van der Waals surface area contributed by atoms with Crippen LogP contribution < -0.4 is 21.3 Å². The van der Waals surface area contributed by atoms with E-state index < -0.39 is 11.2 Å². The van der Waals surface area contributed by atoms with Crippen LogP contribution in [-0.4, -0.2) is 31.2 Å². The van der Waals surface area contributed by atoms with Crippen LogP contribution in [0, 0.1) is 6.92 Å². The number of hydrogen-bond acceptors (Lipinski definition) is 7. The van der Waals surface area contributed by atoms with E-state index in [9.17, 15) is 9.59 Å². The Balaban J connectivity index is 1.46. The maximum absolute atomic E-state index is 13.1. The molecule has 0 unspecified atom stereocenters. The molecule has 1 aliphatic carbocycles. The minimum Gasteiger partial charge on any atom is -0.481 e. The molecule has 0 atom stereocenters. The molecular formula is C30H26Cl2N6O3. The fourth-order valence-corrected chi connectivity index (χ4v) is 6.01. The summed E-state index contributed by atoms with van der Waals surface area (Å²) in [5.41, 5.74) is 5.07. The van der Waals surface area contributed by atoms with Crippen molar-refractivity contribution in [3.8, 4) is 28.3 Å². The van der Waals surface area contributed by atoms with Crippen LogP contribution in [0.15, 0.2) is 52.1 Å². The van der Waals surface area contributed by atoms with Gasteiger partial charge in [-0.1, -0.05) is 53.5 Å². The first-order valence-corrected chi connectivity index (χ1v) is 13.8. The number of nitrogens with zero attached hydrogens (tertiary/aromatic N) is 5. The van der Waals surface area contributed by atoms with Crippen molar-refractivity contribution >= 4 is 45.7 Å². The van der Waals surface area contributed by atoms with E-state index >= 15 is 0 Å². The van der Waals surface area contributed by atoms with Gasteiger partial charge in [0.05, 0.1) is 28.5 Å². The van der Waals surface area contributed by atoms with Gasteiger partial charge in [0, 0.05) is 36.3 Å². The van der Waals surface area contributed by atoms with Crippen molar-refractivity contribution < 1.29 is 4.74 Å². The van der Waals surface area contributed by atoms with Gasteiger partial charge in [-0.2, -0.15) is 0 Å². The van der Waals surface area contributed by atoms with Gasteiger partial charge in [-0.05, 0) is 43.9 Å². The molecule has 5 aromatic rings. The molecule has 9 nitrogen and oxygen atoms in total. The number of halogens is 2. The van der Waals surface area contributed by atoms with Crippen LogP contribution in [0.1, 0.15) is 23.4 Å². The number of aromatic nitrogens is 5. The Hall–Kier alpha value is -4.21. The van der Waals surface area contributed by atoms with Crippen molar-refractivity contribution in [3.05, 3.63) is 90.3 Å². The third-order valence-electron chi connectivity index (χ3n) is 7.47. The number of anilines is 2. The van der Waals surface area contributed by atoms with Crippen LogP contribution >= 0.6 is 23.2 Å². The van der Waals surface area contributed by atoms with Gasteiger partial charge in [-0.15, -0.1) is 0 Å². The lowest BCUT2D eigenvalue weighted by Crippen LogP contribution is -2.37. The Labute approximate surface area is 245 Å². The van der Waals surface area contributed by atoms with Gasteiger partial charge < -0.3 is 10.1 Å². The third kappa shape index (κ3) is 4.45. The van der Waals surface area contributed by atoms with Crippen molar-refractivity contribution in [2.45, 2.75) is 26.2 Å². The Morgan fingerprint density at radius 3 is 2.37 bits per heavy atom. The molecule has 2 aromatic carbocycles. The van der Waals surface area contributed by atoms with Gasteiger partial charge in [0.15, 0.2) is 5.65 Å². The molecule has 0 saturated carbocycles. The molecule has 0 fully saturated rings. The second kappa shape index (κ2) is 10.3. The molecule has 0 spiro atoms. The predicted octanol–water partition coefficient (Wildman–Crippen LogP) is 5.61. The van der Waals surface area contributed by atoms with Crippen molar-refractivity contribution in [1.82, 2.24) is 24.1 Å². The Kier molecular flexibility index (Phi) is 6.79. The average molecular weight is 589 g/mol. The highest BCUT2D eigenvalue weighted by Gasteiger charge is 2.22. The lowest BCUT2D eigenvalue weighted by molar-refractivity contribution is 0.394. The number of benzene rings is 2. The van der Waals surface area contributed by atoms with E-state index in [1.807, 2.05) is 30.3 Å². The van der Waals surface area contributed by atoms with Crippen LogP contribution in [0.25, 0.3) is 33.4 Å². The van der Waals surface area contributed by atoms with Crippen molar-refractivity contribution in [3.63, 3.8) is 0 Å². The van der Waals surface area contributed by atoms with E-state index in [-0.39, 0.29) is 16.9 Å². The second-order valence-corrected chi connectivity index (χ2v) is 10.7. The normalized spacial score (nSPS) is 12.5. The largest absolute Gasteiger partial charge is 0.481 e. The average Bonchev–Trinajstić information content (AvgIpc) is 3.44. The van der Waals surface area contributed by atoms with Crippen LogP contribution in [0.2, 0.25) is 10.0 Å². The Morgan fingerprint density at radius 2 is 1.61 bits per heavy atom. The summed E-state index contributed by atoms with van der Waals surface area (Å²) in [6, 6.07) is 13.3. The van der Waals surface area contributed by atoms with E-state index in [1.165, 1.54) is 17.2 Å². The fourth-order valence-electron chi connectivity index (χ4n) is 5.41. The summed E-state index contributed by atoms with van der Waals surface area (Å²) in [7, 11) is 4.62. The summed E-state index contributed by atoms with van der Waals surface area (Å²) < 4.78 is 7.94. The van der Waals surface area contributed by atoms with E-state index in [0.29, 0.717) is 33.0 Å². The minimum atomic E-state index is -0.508. The lowest BCUT2D eigenvalue weighted by atomic mass is 9.99. The SMILES string of the molecule is COc1nc(-c2cccc(-c3cccc(Nc4nc(C)nc5c4c(=O)n(C)c(=O)n5C)c3Cl)c2Cl)cc2c1CCC2. The molecule has 11 heteroatoms. The summed E-state index contributed by atoms with van der Waals surface area (Å²) in [6.07, 6.45) is 3.01. The van der Waals surface area contributed by atoms with Gasteiger partial charge in [0.2, 0.25) is 5.88 Å². The first-order chi connectivity index (χ1) is 19.7. The van der Waals surface area contributed by atoms with Gasteiger partial charge in [-0.3, -0.25) is 13.9 Å². The molecule has 0 amide bonds.